The number of nitrogens with one attached hydrogen (secondary N) is 1. The Hall–Kier alpha value is -2.73. The van der Waals surface area contributed by atoms with Crippen LogP contribution in [0.3, 0.4) is 0 Å². The van der Waals surface area contributed by atoms with E-state index in [0.29, 0.717) is 30.4 Å². The second-order valence-electron chi connectivity index (χ2n) is 7.07. The molecule has 1 saturated heterocycles. The van der Waals surface area contributed by atoms with E-state index in [1.54, 1.807) is 17.3 Å². The van der Waals surface area contributed by atoms with Crippen LogP contribution < -0.4 is 10.1 Å². The Balaban J connectivity index is 1.56. The van der Waals surface area contributed by atoms with Crippen LogP contribution in [0.15, 0.2) is 48.8 Å². The molecule has 1 aromatic heterocycles. The lowest BCUT2D eigenvalue weighted by Crippen LogP contribution is -2.30. The van der Waals surface area contributed by atoms with Gasteiger partial charge in [0.15, 0.2) is 0 Å². The molecule has 1 N–H and O–H groups in total. The average Bonchev–Trinajstić information content (AvgIpc) is 3.16. The number of amides is 1. The number of rotatable bonds is 7. The SMILES string of the molecule is CN[C@@H](C)CC=Cc1cncc(O[C@@H]2CCN(C(=O)c3ccc(F)cc3)C2)c1. The predicted octanol–water partition coefficient (Wildman–Crippen LogP) is 3.53. The van der Waals surface area contributed by atoms with Crippen molar-refractivity contribution in [2.75, 3.05) is 20.1 Å². The zero-order chi connectivity index (χ0) is 19.9. The summed E-state index contributed by atoms with van der Waals surface area (Å²) in [6, 6.07) is 8.02. The summed E-state index contributed by atoms with van der Waals surface area (Å²) < 4.78 is 19.1. The van der Waals surface area contributed by atoms with Crippen LogP contribution in [0, 0.1) is 5.82 Å². The Kier molecular flexibility index (Phi) is 6.76. The molecule has 1 aliphatic rings. The first-order chi connectivity index (χ1) is 13.5. The number of aromatic nitrogens is 1. The lowest BCUT2D eigenvalue weighted by atomic mass is 10.2. The third-order valence-electron chi connectivity index (χ3n) is 4.85. The predicted molar refractivity (Wildman–Crippen MR) is 108 cm³/mol. The highest BCUT2D eigenvalue weighted by molar-refractivity contribution is 5.94. The fourth-order valence-corrected chi connectivity index (χ4v) is 3.09. The van der Waals surface area contributed by atoms with E-state index in [1.807, 2.05) is 19.2 Å². The second kappa shape index (κ2) is 9.46. The van der Waals surface area contributed by atoms with Gasteiger partial charge in [-0.1, -0.05) is 12.2 Å². The van der Waals surface area contributed by atoms with Crippen molar-refractivity contribution >= 4 is 12.0 Å². The molecule has 1 amide bonds. The molecule has 148 valence electrons. The number of nitrogens with zero attached hydrogens (tertiary/aromatic N) is 2. The molecular weight excluding hydrogens is 357 g/mol. The minimum absolute atomic E-state index is 0.0743. The third kappa shape index (κ3) is 5.39. The van der Waals surface area contributed by atoms with Gasteiger partial charge in [0.05, 0.1) is 12.7 Å². The van der Waals surface area contributed by atoms with E-state index in [2.05, 4.69) is 23.3 Å². The maximum atomic E-state index is 13.0. The van der Waals surface area contributed by atoms with Crippen LogP contribution in [0.4, 0.5) is 4.39 Å². The molecule has 1 aromatic carbocycles. The molecular formula is C22H26FN3O2. The smallest absolute Gasteiger partial charge is 0.253 e. The molecule has 2 aromatic rings. The molecule has 0 saturated carbocycles. The molecule has 0 bridgehead atoms. The Labute approximate surface area is 165 Å². The summed E-state index contributed by atoms with van der Waals surface area (Å²) >= 11 is 0. The summed E-state index contributed by atoms with van der Waals surface area (Å²) in [4.78, 5) is 18.5. The van der Waals surface area contributed by atoms with Crippen molar-refractivity contribution in [3.63, 3.8) is 0 Å². The molecule has 0 spiro atoms. The zero-order valence-corrected chi connectivity index (χ0v) is 16.3. The molecule has 0 radical (unpaired) electrons. The highest BCUT2D eigenvalue weighted by atomic mass is 19.1. The summed E-state index contributed by atoms with van der Waals surface area (Å²) in [5.74, 6) is 0.255. The monoisotopic (exact) mass is 383 g/mol. The molecule has 28 heavy (non-hydrogen) atoms. The van der Waals surface area contributed by atoms with Crippen LogP contribution in [0.5, 0.6) is 5.75 Å². The van der Waals surface area contributed by atoms with Crippen LogP contribution in [-0.4, -0.2) is 48.1 Å². The second-order valence-corrected chi connectivity index (χ2v) is 7.07. The van der Waals surface area contributed by atoms with Crippen molar-refractivity contribution in [3.05, 3.63) is 65.7 Å². The van der Waals surface area contributed by atoms with E-state index in [1.165, 1.54) is 24.3 Å². The van der Waals surface area contributed by atoms with Gasteiger partial charge in [0.1, 0.15) is 17.7 Å². The molecule has 3 rings (SSSR count). The van der Waals surface area contributed by atoms with Gasteiger partial charge < -0.3 is 15.0 Å². The van der Waals surface area contributed by atoms with Gasteiger partial charge in [-0.3, -0.25) is 9.78 Å². The largest absolute Gasteiger partial charge is 0.487 e. The van der Waals surface area contributed by atoms with Crippen molar-refractivity contribution < 1.29 is 13.9 Å². The topological polar surface area (TPSA) is 54.5 Å². The Morgan fingerprint density at radius 3 is 2.93 bits per heavy atom. The van der Waals surface area contributed by atoms with Crippen LogP contribution in [0.2, 0.25) is 0 Å². The maximum Gasteiger partial charge on any atom is 0.253 e. The number of carbonyl (C=O) groups excluding carboxylic acids is 1. The van der Waals surface area contributed by atoms with Gasteiger partial charge in [0.2, 0.25) is 0 Å². The first kappa shape index (κ1) is 20.0. The fourth-order valence-electron chi connectivity index (χ4n) is 3.09. The summed E-state index contributed by atoms with van der Waals surface area (Å²) in [5, 5.41) is 3.20. The third-order valence-corrected chi connectivity index (χ3v) is 4.85. The number of pyridine rings is 1. The minimum Gasteiger partial charge on any atom is -0.487 e. The van der Waals surface area contributed by atoms with E-state index in [9.17, 15) is 9.18 Å². The molecule has 2 heterocycles. The van der Waals surface area contributed by atoms with Crippen LogP contribution in [0.1, 0.15) is 35.7 Å². The minimum atomic E-state index is -0.346. The van der Waals surface area contributed by atoms with Gasteiger partial charge in [-0.15, -0.1) is 0 Å². The van der Waals surface area contributed by atoms with Gasteiger partial charge in [-0.2, -0.15) is 0 Å². The Morgan fingerprint density at radius 2 is 2.18 bits per heavy atom. The van der Waals surface area contributed by atoms with Crippen molar-refractivity contribution in [2.45, 2.75) is 31.9 Å². The quantitative estimate of drug-likeness (QED) is 0.795. The number of ether oxygens (including phenoxy) is 1. The summed E-state index contributed by atoms with van der Waals surface area (Å²) in [5.41, 5.74) is 1.48. The molecule has 1 fully saturated rings. The lowest BCUT2D eigenvalue weighted by molar-refractivity contribution is 0.0772. The molecule has 0 unspecified atom stereocenters. The van der Waals surface area contributed by atoms with Crippen LogP contribution in [-0.2, 0) is 0 Å². The van der Waals surface area contributed by atoms with Crippen molar-refractivity contribution in [1.82, 2.24) is 15.2 Å². The summed E-state index contributed by atoms with van der Waals surface area (Å²) in [6.07, 6.45) is 9.25. The van der Waals surface area contributed by atoms with E-state index in [4.69, 9.17) is 4.74 Å². The number of carbonyl (C=O) groups is 1. The van der Waals surface area contributed by atoms with Crippen molar-refractivity contribution in [3.8, 4) is 5.75 Å². The first-order valence-electron chi connectivity index (χ1n) is 9.55. The van der Waals surface area contributed by atoms with Crippen molar-refractivity contribution in [2.24, 2.45) is 0 Å². The Bertz CT molecular complexity index is 823. The highest BCUT2D eigenvalue weighted by Gasteiger charge is 2.28. The average molecular weight is 383 g/mol. The van der Waals surface area contributed by atoms with Gasteiger partial charge in [0, 0.05) is 30.8 Å². The number of halogens is 1. The Morgan fingerprint density at radius 1 is 1.39 bits per heavy atom. The maximum absolute atomic E-state index is 13.0. The van der Waals surface area contributed by atoms with Crippen LogP contribution in [0.25, 0.3) is 6.08 Å². The normalized spacial score (nSPS) is 17.8. The highest BCUT2D eigenvalue weighted by Crippen LogP contribution is 2.21. The molecule has 0 aliphatic carbocycles. The van der Waals surface area contributed by atoms with Gasteiger partial charge in [-0.05, 0) is 56.3 Å². The lowest BCUT2D eigenvalue weighted by Gasteiger charge is -2.17. The first-order valence-corrected chi connectivity index (χ1v) is 9.55. The van der Waals surface area contributed by atoms with Gasteiger partial charge in [-0.25, -0.2) is 4.39 Å². The number of likely N-dealkylation sites (tertiary alicyclic amines) is 1. The number of hydrogen-bond acceptors (Lipinski definition) is 4. The number of benzene rings is 1. The summed E-state index contributed by atoms with van der Waals surface area (Å²) in [7, 11) is 1.94. The van der Waals surface area contributed by atoms with E-state index in [-0.39, 0.29) is 17.8 Å². The number of hydrogen-bond donors (Lipinski definition) is 1. The van der Waals surface area contributed by atoms with Crippen molar-refractivity contribution in [1.29, 1.82) is 0 Å². The molecule has 6 heteroatoms. The van der Waals surface area contributed by atoms with Crippen LogP contribution >= 0.6 is 0 Å². The standard InChI is InChI=1S/C22H26FN3O2/c1-16(24-2)4-3-5-17-12-21(14-25-13-17)28-20-10-11-26(15-20)22(27)18-6-8-19(23)9-7-18/h3,5-9,12-14,16,20,24H,4,10-11,15H2,1-2H3/t16-,20+/m0/s1. The van der Waals surface area contributed by atoms with Gasteiger partial charge in [0.25, 0.3) is 5.91 Å². The van der Waals surface area contributed by atoms with E-state index in [0.717, 1.165) is 18.4 Å². The molecule has 5 nitrogen and oxygen atoms in total. The molecule has 2 atom stereocenters. The van der Waals surface area contributed by atoms with Gasteiger partial charge >= 0.3 is 0 Å². The fraction of sp³-hybridized carbons (Fsp3) is 0.364. The zero-order valence-electron chi connectivity index (χ0n) is 16.3. The molecule has 1 aliphatic heterocycles. The summed E-state index contributed by atoms with van der Waals surface area (Å²) in [6.45, 7) is 3.26. The van der Waals surface area contributed by atoms with E-state index >= 15 is 0 Å². The van der Waals surface area contributed by atoms with E-state index < -0.39 is 0 Å².